The van der Waals surface area contributed by atoms with Crippen LogP contribution in [0.3, 0.4) is 0 Å². The molecule has 0 saturated heterocycles. The van der Waals surface area contributed by atoms with E-state index in [0.29, 0.717) is 17.6 Å². The van der Waals surface area contributed by atoms with Crippen LogP contribution in [0.25, 0.3) is 16.9 Å². The summed E-state index contributed by atoms with van der Waals surface area (Å²) in [6, 6.07) is 9.80. The molecule has 0 aliphatic carbocycles. The van der Waals surface area contributed by atoms with Crippen molar-refractivity contribution in [2.75, 3.05) is 12.3 Å². The highest BCUT2D eigenvalue weighted by Gasteiger charge is 2.28. The smallest absolute Gasteiger partial charge is 0.303 e. The normalized spacial score (nSPS) is 15.5. The second-order valence-electron chi connectivity index (χ2n) is 5.98. The summed E-state index contributed by atoms with van der Waals surface area (Å²) >= 11 is 0. The summed E-state index contributed by atoms with van der Waals surface area (Å²) in [4.78, 5) is 12.7. The first-order chi connectivity index (χ1) is 12.0. The lowest BCUT2D eigenvalue weighted by molar-refractivity contribution is -0.119. The van der Waals surface area contributed by atoms with Crippen LogP contribution < -0.4 is 10.5 Å². The number of anilines is 1. The molecule has 25 heavy (non-hydrogen) atoms. The molecule has 1 aromatic carbocycles. The van der Waals surface area contributed by atoms with Crippen LogP contribution in [0.4, 0.5) is 5.95 Å². The summed E-state index contributed by atoms with van der Waals surface area (Å²) in [5, 5.41) is 0. The Morgan fingerprint density at radius 1 is 1.20 bits per heavy atom. The fourth-order valence-corrected chi connectivity index (χ4v) is 2.58. The molecular weight excluding hydrogens is 322 g/mol. The predicted octanol–water partition coefficient (Wildman–Crippen LogP) is 2.40. The third-order valence-corrected chi connectivity index (χ3v) is 3.61. The summed E-state index contributed by atoms with van der Waals surface area (Å²) in [6.07, 6.45) is 3.14. The number of nitrogens with zero attached hydrogens (tertiary/aromatic N) is 4. The Balaban J connectivity index is 1.70. The number of imidazole rings is 1. The molecule has 0 radical (unpaired) electrons. The second kappa shape index (κ2) is 5.66. The number of ether oxygens (including phenoxy) is 3. The zero-order chi connectivity index (χ0) is 17.4. The second-order valence-corrected chi connectivity index (χ2v) is 5.98. The van der Waals surface area contributed by atoms with Crippen LogP contribution in [0.2, 0.25) is 0 Å². The minimum Gasteiger partial charge on any atom is -0.457 e. The molecular formula is C17H17N5O3. The van der Waals surface area contributed by atoms with E-state index in [1.807, 2.05) is 38.1 Å². The molecule has 1 aliphatic heterocycles. The van der Waals surface area contributed by atoms with E-state index < -0.39 is 5.79 Å². The minimum absolute atomic E-state index is 0.179. The number of para-hydroxylation sites is 2. The summed E-state index contributed by atoms with van der Waals surface area (Å²) in [5.41, 5.74) is 7.36. The van der Waals surface area contributed by atoms with Crippen molar-refractivity contribution in [2.45, 2.75) is 19.6 Å². The van der Waals surface area contributed by atoms with Crippen LogP contribution >= 0.6 is 0 Å². The summed E-state index contributed by atoms with van der Waals surface area (Å²) < 4.78 is 18.7. The summed E-state index contributed by atoms with van der Waals surface area (Å²) in [5.74, 6) is 0.665. The van der Waals surface area contributed by atoms with Gasteiger partial charge in [0.1, 0.15) is 12.1 Å². The molecule has 3 aromatic rings. The van der Waals surface area contributed by atoms with Crippen molar-refractivity contribution < 1.29 is 14.2 Å². The number of benzene rings is 1. The standard InChI is InChI=1S/C17H17N5O3/c1-17(2)24-10-11(25-17)9-23-16-20-12-5-3-4-6-13(12)22(16)14-7-8-19-15(18)21-14/h3-8,10H,9H2,1-2H3,(H2,18,19,21). The van der Waals surface area contributed by atoms with Gasteiger partial charge in [-0.25, -0.2) is 9.55 Å². The summed E-state index contributed by atoms with van der Waals surface area (Å²) in [6.45, 7) is 3.85. The molecule has 2 N–H and O–H groups in total. The van der Waals surface area contributed by atoms with E-state index >= 15 is 0 Å². The monoisotopic (exact) mass is 339 g/mol. The largest absolute Gasteiger partial charge is 0.457 e. The van der Waals surface area contributed by atoms with Gasteiger partial charge in [0, 0.05) is 26.1 Å². The van der Waals surface area contributed by atoms with Crippen LogP contribution in [0.5, 0.6) is 6.01 Å². The SMILES string of the molecule is CC1(C)OC=C(COc2nc3ccccc3n2-c2ccnc(N)n2)O1. The Bertz CT molecular complexity index is 964. The molecule has 2 aromatic heterocycles. The van der Waals surface area contributed by atoms with Gasteiger partial charge in [-0.05, 0) is 12.1 Å². The number of rotatable bonds is 4. The Kier molecular flexibility index (Phi) is 3.45. The zero-order valence-corrected chi connectivity index (χ0v) is 13.8. The first-order valence-corrected chi connectivity index (χ1v) is 7.77. The average molecular weight is 339 g/mol. The van der Waals surface area contributed by atoms with E-state index in [1.165, 1.54) is 0 Å². The van der Waals surface area contributed by atoms with Crippen LogP contribution in [0.15, 0.2) is 48.5 Å². The molecule has 0 unspecified atom stereocenters. The Labute approximate surface area is 143 Å². The third-order valence-electron chi connectivity index (χ3n) is 3.61. The van der Waals surface area contributed by atoms with E-state index in [9.17, 15) is 0 Å². The van der Waals surface area contributed by atoms with Gasteiger partial charge in [0.2, 0.25) is 11.7 Å². The molecule has 0 fully saturated rings. The molecule has 4 rings (SSSR count). The maximum atomic E-state index is 5.87. The van der Waals surface area contributed by atoms with Crippen LogP contribution in [-0.2, 0) is 9.47 Å². The fraction of sp³-hybridized carbons (Fsp3) is 0.235. The number of nitrogen functional groups attached to an aromatic ring is 1. The molecule has 0 bridgehead atoms. The fourth-order valence-electron chi connectivity index (χ4n) is 2.58. The van der Waals surface area contributed by atoms with Crippen molar-refractivity contribution >= 4 is 17.0 Å². The number of aromatic nitrogens is 4. The van der Waals surface area contributed by atoms with Crippen molar-refractivity contribution in [3.8, 4) is 11.8 Å². The number of hydrogen-bond acceptors (Lipinski definition) is 7. The topological polar surface area (TPSA) is 97.3 Å². The van der Waals surface area contributed by atoms with Crippen molar-refractivity contribution in [2.24, 2.45) is 0 Å². The highest BCUT2D eigenvalue weighted by molar-refractivity contribution is 5.78. The van der Waals surface area contributed by atoms with Gasteiger partial charge in [0.15, 0.2) is 12.4 Å². The van der Waals surface area contributed by atoms with E-state index in [4.69, 9.17) is 19.9 Å². The van der Waals surface area contributed by atoms with Gasteiger partial charge in [-0.3, -0.25) is 0 Å². The van der Waals surface area contributed by atoms with Crippen LogP contribution in [0.1, 0.15) is 13.8 Å². The van der Waals surface area contributed by atoms with E-state index in [1.54, 1.807) is 23.1 Å². The van der Waals surface area contributed by atoms with Crippen LogP contribution in [0, 0.1) is 0 Å². The maximum Gasteiger partial charge on any atom is 0.303 e. The highest BCUT2D eigenvalue weighted by atomic mass is 16.7. The van der Waals surface area contributed by atoms with Crippen molar-refractivity contribution in [3.05, 3.63) is 48.5 Å². The molecule has 8 nitrogen and oxygen atoms in total. The van der Waals surface area contributed by atoms with Crippen molar-refractivity contribution in [1.29, 1.82) is 0 Å². The summed E-state index contributed by atoms with van der Waals surface area (Å²) in [7, 11) is 0. The maximum absolute atomic E-state index is 5.87. The number of nitrogens with two attached hydrogens (primary N) is 1. The Hall–Kier alpha value is -3.29. The van der Waals surface area contributed by atoms with Crippen LogP contribution in [-0.4, -0.2) is 31.9 Å². The van der Waals surface area contributed by atoms with Gasteiger partial charge >= 0.3 is 6.01 Å². The van der Waals surface area contributed by atoms with Gasteiger partial charge in [0.05, 0.1) is 11.0 Å². The Morgan fingerprint density at radius 3 is 2.80 bits per heavy atom. The van der Waals surface area contributed by atoms with E-state index in [-0.39, 0.29) is 12.6 Å². The van der Waals surface area contributed by atoms with Gasteiger partial charge in [-0.2, -0.15) is 9.97 Å². The van der Waals surface area contributed by atoms with Gasteiger partial charge in [0.25, 0.3) is 0 Å². The molecule has 0 spiro atoms. The van der Waals surface area contributed by atoms with Gasteiger partial charge in [-0.1, -0.05) is 12.1 Å². The quantitative estimate of drug-likeness (QED) is 0.779. The molecule has 1 aliphatic rings. The van der Waals surface area contributed by atoms with Gasteiger partial charge < -0.3 is 19.9 Å². The van der Waals surface area contributed by atoms with Crippen molar-refractivity contribution in [3.63, 3.8) is 0 Å². The van der Waals surface area contributed by atoms with Crippen molar-refractivity contribution in [1.82, 2.24) is 19.5 Å². The molecule has 128 valence electrons. The minimum atomic E-state index is -0.681. The lowest BCUT2D eigenvalue weighted by Crippen LogP contribution is -2.21. The predicted molar refractivity (Wildman–Crippen MR) is 90.9 cm³/mol. The number of fused-ring (bicyclic) bond motifs is 1. The molecule has 8 heteroatoms. The first-order valence-electron chi connectivity index (χ1n) is 7.77. The first kappa shape index (κ1) is 15.3. The molecule has 0 atom stereocenters. The molecule has 0 saturated carbocycles. The zero-order valence-electron chi connectivity index (χ0n) is 13.8. The van der Waals surface area contributed by atoms with Gasteiger partial charge in [-0.15, -0.1) is 0 Å². The molecule has 3 heterocycles. The third kappa shape index (κ3) is 2.93. The molecule has 0 amide bonds. The highest BCUT2D eigenvalue weighted by Crippen LogP contribution is 2.28. The van der Waals surface area contributed by atoms with E-state index in [2.05, 4.69) is 15.0 Å². The van der Waals surface area contributed by atoms with E-state index in [0.717, 1.165) is 11.0 Å². The number of hydrogen-bond donors (Lipinski definition) is 1. The average Bonchev–Trinajstić information content (AvgIpc) is 3.12. The lowest BCUT2D eigenvalue weighted by atomic mass is 10.3. The Morgan fingerprint density at radius 2 is 2.04 bits per heavy atom. The lowest BCUT2D eigenvalue weighted by Gasteiger charge is -2.18.